The third-order valence-corrected chi connectivity index (χ3v) is 6.05. The third-order valence-electron chi connectivity index (χ3n) is 3.59. The van der Waals surface area contributed by atoms with Crippen molar-refractivity contribution in [3.63, 3.8) is 0 Å². The first kappa shape index (κ1) is 18.9. The highest BCUT2D eigenvalue weighted by molar-refractivity contribution is 7.89. The zero-order chi connectivity index (χ0) is 18.6. The van der Waals surface area contributed by atoms with Gasteiger partial charge in [0, 0.05) is 6.54 Å². The van der Waals surface area contributed by atoms with Crippen molar-refractivity contribution in [2.24, 2.45) is 0 Å². The highest BCUT2D eigenvalue weighted by Crippen LogP contribution is 2.29. The second kappa shape index (κ2) is 8.20. The summed E-state index contributed by atoms with van der Waals surface area (Å²) in [6.45, 7) is -0.100. The average molecular weight is 410 g/mol. The van der Waals surface area contributed by atoms with Gasteiger partial charge < -0.3 is 9.84 Å². The van der Waals surface area contributed by atoms with E-state index in [1.807, 2.05) is 5.38 Å². The molecule has 136 valence electrons. The largest absolute Gasteiger partial charge is 0.456 e. The summed E-state index contributed by atoms with van der Waals surface area (Å²) in [5.74, 6) is 0.956. The summed E-state index contributed by atoms with van der Waals surface area (Å²) >= 11 is 7.48. The van der Waals surface area contributed by atoms with Gasteiger partial charge in [-0.2, -0.15) is 11.3 Å². The average Bonchev–Trinajstić information content (AvgIpc) is 3.17. The summed E-state index contributed by atoms with van der Waals surface area (Å²) in [7, 11) is -3.73. The molecule has 0 aliphatic rings. The molecule has 0 spiro atoms. The second-order valence-electron chi connectivity index (χ2n) is 5.43. The monoisotopic (exact) mass is 409 g/mol. The lowest BCUT2D eigenvalue weighted by Crippen LogP contribution is -2.28. The number of para-hydroxylation sites is 1. The highest BCUT2D eigenvalue weighted by Gasteiger charge is 2.17. The van der Waals surface area contributed by atoms with Gasteiger partial charge in [0.15, 0.2) is 0 Å². The molecule has 2 aromatic carbocycles. The third kappa shape index (κ3) is 4.63. The zero-order valence-electron chi connectivity index (χ0n) is 13.5. The van der Waals surface area contributed by atoms with Crippen LogP contribution in [0.4, 0.5) is 0 Å². The molecule has 0 aliphatic carbocycles. The number of hydrogen-bond donors (Lipinski definition) is 2. The number of hydrogen-bond acceptors (Lipinski definition) is 5. The molecule has 1 heterocycles. The molecule has 1 aromatic heterocycles. The maximum absolute atomic E-state index is 12.3. The van der Waals surface area contributed by atoms with Crippen molar-refractivity contribution in [2.45, 2.75) is 11.0 Å². The number of nitrogens with one attached hydrogen (secondary N) is 1. The van der Waals surface area contributed by atoms with Crippen molar-refractivity contribution < 1.29 is 18.3 Å². The molecule has 0 bridgehead atoms. The topological polar surface area (TPSA) is 75.6 Å². The van der Waals surface area contributed by atoms with E-state index in [0.717, 1.165) is 0 Å². The minimum absolute atomic E-state index is 0.0847. The highest BCUT2D eigenvalue weighted by atomic mass is 35.5. The first-order valence-electron chi connectivity index (χ1n) is 7.68. The normalized spacial score (nSPS) is 12.7. The Hall–Kier alpha value is -1.90. The van der Waals surface area contributed by atoms with Crippen LogP contribution in [0.5, 0.6) is 11.5 Å². The van der Waals surface area contributed by atoms with Crippen LogP contribution in [-0.4, -0.2) is 20.1 Å². The Morgan fingerprint density at radius 3 is 2.50 bits per heavy atom. The van der Waals surface area contributed by atoms with Crippen LogP contribution in [0.1, 0.15) is 11.7 Å². The molecular weight excluding hydrogens is 394 g/mol. The predicted molar refractivity (Wildman–Crippen MR) is 102 cm³/mol. The predicted octanol–water partition coefficient (Wildman–Crippen LogP) is 4.21. The van der Waals surface area contributed by atoms with E-state index in [0.29, 0.717) is 22.1 Å². The standard InChI is InChI=1S/C18H16ClNO4S2/c19-16-3-1-2-4-18(16)24-14-5-7-15(8-6-14)26(22,23)20-11-17(21)13-9-10-25-12-13/h1-10,12,17,20-21H,11H2/t17-/m0/s1. The summed E-state index contributed by atoms with van der Waals surface area (Å²) < 4.78 is 32.7. The van der Waals surface area contributed by atoms with Crippen LogP contribution in [0.2, 0.25) is 5.02 Å². The number of thiophene rings is 1. The molecule has 0 radical (unpaired) electrons. The molecule has 3 aromatic rings. The second-order valence-corrected chi connectivity index (χ2v) is 8.38. The molecule has 0 saturated carbocycles. The maximum Gasteiger partial charge on any atom is 0.240 e. The van der Waals surface area contributed by atoms with Crippen molar-refractivity contribution in [1.29, 1.82) is 0 Å². The van der Waals surface area contributed by atoms with Crippen LogP contribution < -0.4 is 9.46 Å². The minimum atomic E-state index is -3.73. The van der Waals surface area contributed by atoms with Gasteiger partial charge in [-0.25, -0.2) is 13.1 Å². The fourth-order valence-corrected chi connectivity index (χ4v) is 4.12. The number of benzene rings is 2. The van der Waals surface area contributed by atoms with Crippen LogP contribution in [0.15, 0.2) is 70.3 Å². The fraction of sp³-hybridized carbons (Fsp3) is 0.111. The van der Waals surface area contributed by atoms with Crippen molar-refractivity contribution in [3.8, 4) is 11.5 Å². The molecule has 0 unspecified atom stereocenters. The van der Waals surface area contributed by atoms with E-state index < -0.39 is 16.1 Å². The van der Waals surface area contributed by atoms with Crippen molar-refractivity contribution >= 4 is 33.0 Å². The van der Waals surface area contributed by atoms with Gasteiger partial charge >= 0.3 is 0 Å². The molecule has 26 heavy (non-hydrogen) atoms. The van der Waals surface area contributed by atoms with Crippen molar-refractivity contribution in [2.75, 3.05) is 6.54 Å². The van der Waals surface area contributed by atoms with Gasteiger partial charge in [-0.05, 0) is 58.8 Å². The Morgan fingerprint density at radius 1 is 1.12 bits per heavy atom. The SMILES string of the molecule is O=S(=O)(NC[C@H](O)c1ccsc1)c1ccc(Oc2ccccc2Cl)cc1. The lowest BCUT2D eigenvalue weighted by Gasteiger charge is -2.12. The number of aliphatic hydroxyl groups excluding tert-OH is 1. The van der Waals surface area contributed by atoms with E-state index in [1.165, 1.54) is 23.5 Å². The van der Waals surface area contributed by atoms with Crippen molar-refractivity contribution in [3.05, 3.63) is 75.9 Å². The molecule has 2 N–H and O–H groups in total. The Morgan fingerprint density at radius 2 is 1.85 bits per heavy atom. The smallest absolute Gasteiger partial charge is 0.240 e. The van der Waals surface area contributed by atoms with Crippen molar-refractivity contribution in [1.82, 2.24) is 4.72 Å². The molecule has 3 rings (SSSR count). The Labute approximate surface area is 160 Å². The molecule has 0 amide bonds. The van der Waals surface area contributed by atoms with Crippen LogP contribution in [-0.2, 0) is 10.0 Å². The van der Waals surface area contributed by atoms with Gasteiger partial charge in [-0.15, -0.1) is 0 Å². The van der Waals surface area contributed by atoms with E-state index in [-0.39, 0.29) is 11.4 Å². The Bertz CT molecular complexity index is 957. The number of aliphatic hydroxyl groups is 1. The number of halogens is 1. The quantitative estimate of drug-likeness (QED) is 0.613. The molecule has 8 heteroatoms. The lowest BCUT2D eigenvalue weighted by molar-refractivity contribution is 0.182. The molecule has 5 nitrogen and oxygen atoms in total. The molecule has 0 saturated heterocycles. The number of sulfonamides is 1. The molecule has 1 atom stereocenters. The van der Waals surface area contributed by atoms with E-state index in [2.05, 4.69) is 4.72 Å². The number of ether oxygens (including phenoxy) is 1. The summed E-state index contributed by atoms with van der Waals surface area (Å²) in [5.41, 5.74) is 0.682. The van der Waals surface area contributed by atoms with Gasteiger partial charge in [0.2, 0.25) is 10.0 Å². The Balaban J connectivity index is 1.66. The number of rotatable bonds is 7. The van der Waals surface area contributed by atoms with Crippen LogP contribution in [0.25, 0.3) is 0 Å². The molecular formula is C18H16ClNO4S2. The zero-order valence-corrected chi connectivity index (χ0v) is 15.9. The summed E-state index contributed by atoms with van der Waals surface area (Å²) in [5, 5.41) is 14.1. The lowest BCUT2D eigenvalue weighted by atomic mass is 10.2. The first-order chi connectivity index (χ1) is 12.5. The van der Waals surface area contributed by atoms with Crippen LogP contribution >= 0.6 is 22.9 Å². The van der Waals surface area contributed by atoms with E-state index >= 15 is 0 Å². The van der Waals surface area contributed by atoms with E-state index in [1.54, 1.807) is 47.8 Å². The van der Waals surface area contributed by atoms with E-state index in [4.69, 9.17) is 16.3 Å². The maximum atomic E-state index is 12.3. The van der Waals surface area contributed by atoms with E-state index in [9.17, 15) is 13.5 Å². The first-order valence-corrected chi connectivity index (χ1v) is 10.5. The summed E-state index contributed by atoms with van der Waals surface area (Å²) in [6, 6.07) is 14.7. The minimum Gasteiger partial charge on any atom is -0.456 e. The van der Waals surface area contributed by atoms with Gasteiger partial charge in [0.05, 0.1) is 16.0 Å². The van der Waals surface area contributed by atoms with Gasteiger partial charge in [-0.1, -0.05) is 23.7 Å². The Kier molecular flexibility index (Phi) is 5.95. The van der Waals surface area contributed by atoms with Gasteiger partial charge in [-0.3, -0.25) is 0 Å². The summed E-state index contributed by atoms with van der Waals surface area (Å²) in [6.07, 6.45) is -0.890. The fourth-order valence-electron chi connectivity index (χ4n) is 2.20. The molecule has 0 fully saturated rings. The van der Waals surface area contributed by atoms with Gasteiger partial charge in [0.25, 0.3) is 0 Å². The van der Waals surface area contributed by atoms with Crippen LogP contribution in [0.3, 0.4) is 0 Å². The molecule has 0 aliphatic heterocycles. The van der Waals surface area contributed by atoms with Crippen LogP contribution in [0, 0.1) is 0 Å². The van der Waals surface area contributed by atoms with Gasteiger partial charge in [0.1, 0.15) is 11.5 Å². The summed E-state index contributed by atoms with van der Waals surface area (Å²) in [4.78, 5) is 0.0847.